The number of fused-ring (bicyclic) bond motifs is 1. The Balaban J connectivity index is 1.01. The molecule has 16 heteroatoms. The number of amides is 4. The average Bonchev–Trinajstić information content (AvgIpc) is 4.02. The molecule has 7 rings (SSSR count). The SMILES string of the molecule is CC1C(Oc2nc3c(-c4nc(C5CCCCC5)cs4)cccc3n2C(C)C)CN(C(=O)C(CCCCCC=CC2CC2C(=O)NS(=O)C2(C)CC2)NC(=O)OC(C)(C)C)C1C(N)=O. The number of carbonyl (C=O) groups excluding carboxylic acids is 4. The molecule has 7 unspecified atom stereocenters. The van der Waals surface area contributed by atoms with Gasteiger partial charge in [0.2, 0.25) is 17.7 Å². The van der Waals surface area contributed by atoms with Crippen molar-refractivity contribution in [1.29, 1.82) is 0 Å². The van der Waals surface area contributed by atoms with Crippen molar-refractivity contribution in [1.82, 2.24) is 29.5 Å². The van der Waals surface area contributed by atoms with Gasteiger partial charge in [-0.05, 0) is 111 Å². The molecule has 3 aromatic rings. The Morgan fingerprint density at radius 2 is 1.83 bits per heavy atom. The molecule has 2 aromatic heterocycles. The Morgan fingerprint density at radius 3 is 2.51 bits per heavy atom. The van der Waals surface area contributed by atoms with Crippen LogP contribution in [0.4, 0.5) is 4.79 Å². The maximum atomic E-state index is 14.5. The Hall–Kier alpha value is -4.31. The molecule has 4 fully saturated rings. The van der Waals surface area contributed by atoms with Crippen LogP contribution >= 0.6 is 11.3 Å². The zero-order chi connectivity index (χ0) is 45.2. The van der Waals surface area contributed by atoms with Gasteiger partial charge in [0.05, 0.1) is 22.5 Å². The fourth-order valence-corrected chi connectivity index (χ4v) is 11.1. The fraction of sp³-hybridized carbons (Fsp3) is 0.660. The second-order valence-corrected chi connectivity index (χ2v) is 22.3. The number of imidazole rings is 1. The summed E-state index contributed by atoms with van der Waals surface area (Å²) < 4.78 is 29.2. The monoisotopic (exact) mass is 905 g/mol. The molecular weight excluding hydrogens is 839 g/mol. The quantitative estimate of drug-likeness (QED) is 0.0835. The first-order valence-electron chi connectivity index (χ1n) is 23.1. The van der Waals surface area contributed by atoms with Crippen molar-refractivity contribution in [2.75, 3.05) is 6.54 Å². The zero-order valence-corrected chi connectivity index (χ0v) is 39.7. The number of nitrogens with zero attached hydrogens (tertiary/aromatic N) is 4. The number of rotatable bonds is 18. The topological polar surface area (TPSA) is 188 Å². The third-order valence-corrected chi connectivity index (χ3v) is 15.7. The third-order valence-electron chi connectivity index (χ3n) is 13.1. The second-order valence-electron chi connectivity index (χ2n) is 19.8. The molecule has 3 heterocycles. The second kappa shape index (κ2) is 19.4. The van der Waals surface area contributed by atoms with Gasteiger partial charge in [-0.2, -0.15) is 4.98 Å². The minimum absolute atomic E-state index is 0.0146. The van der Waals surface area contributed by atoms with E-state index < -0.39 is 58.6 Å². The van der Waals surface area contributed by atoms with Crippen LogP contribution in [0.2, 0.25) is 0 Å². The lowest BCUT2D eigenvalue weighted by molar-refractivity contribution is -0.139. The van der Waals surface area contributed by atoms with Crippen molar-refractivity contribution in [3.63, 3.8) is 0 Å². The van der Waals surface area contributed by atoms with Gasteiger partial charge < -0.3 is 25.4 Å². The number of unbranched alkanes of at least 4 members (excludes halogenated alkanes) is 3. The van der Waals surface area contributed by atoms with Crippen LogP contribution in [-0.4, -0.2) is 82.5 Å². The van der Waals surface area contributed by atoms with E-state index in [1.54, 1.807) is 32.1 Å². The van der Waals surface area contributed by atoms with Crippen molar-refractivity contribution in [3.05, 3.63) is 41.4 Å². The van der Waals surface area contributed by atoms with Crippen molar-refractivity contribution in [2.45, 2.75) is 172 Å². The average molecular weight is 906 g/mol. The summed E-state index contributed by atoms with van der Waals surface area (Å²) in [5.41, 5.74) is 9.03. The smallest absolute Gasteiger partial charge is 0.408 e. The van der Waals surface area contributed by atoms with E-state index in [0.29, 0.717) is 24.8 Å². The number of nitrogens with two attached hydrogens (primary N) is 1. The van der Waals surface area contributed by atoms with Gasteiger partial charge in [-0.3, -0.25) is 23.7 Å². The normalized spacial score (nSPS) is 24.4. The first-order valence-corrected chi connectivity index (χ1v) is 25.1. The molecular formula is C47H67N7O7S2. The van der Waals surface area contributed by atoms with E-state index in [9.17, 15) is 23.4 Å². The summed E-state index contributed by atoms with van der Waals surface area (Å²) in [5, 5.41) is 5.92. The summed E-state index contributed by atoms with van der Waals surface area (Å²) in [5.74, 6) is -1.15. The number of hydrogen-bond donors (Lipinski definition) is 3. The number of nitrogens with one attached hydrogen (secondary N) is 2. The van der Waals surface area contributed by atoms with Gasteiger partial charge >= 0.3 is 6.09 Å². The molecule has 3 saturated carbocycles. The number of carbonyl (C=O) groups is 4. The Labute approximate surface area is 378 Å². The molecule has 4 aliphatic rings. The van der Waals surface area contributed by atoms with Crippen molar-refractivity contribution < 1.29 is 32.9 Å². The molecule has 7 atom stereocenters. The number of likely N-dealkylation sites (tertiary alicyclic amines) is 1. The molecule has 63 heavy (non-hydrogen) atoms. The number of ether oxygens (including phenoxy) is 2. The summed E-state index contributed by atoms with van der Waals surface area (Å²) in [4.78, 5) is 64.9. The summed E-state index contributed by atoms with van der Waals surface area (Å²) in [7, 11) is -1.33. The lowest BCUT2D eigenvalue weighted by atomic mass is 9.87. The zero-order valence-electron chi connectivity index (χ0n) is 38.0. The molecule has 3 aliphatic carbocycles. The van der Waals surface area contributed by atoms with E-state index in [4.69, 9.17) is 25.2 Å². The van der Waals surface area contributed by atoms with Crippen molar-refractivity contribution in [2.24, 2.45) is 23.5 Å². The van der Waals surface area contributed by atoms with E-state index >= 15 is 0 Å². The summed E-state index contributed by atoms with van der Waals surface area (Å²) in [6, 6.07) is 4.55. The Morgan fingerprint density at radius 1 is 1.08 bits per heavy atom. The largest absolute Gasteiger partial charge is 0.459 e. The minimum atomic E-state index is -1.33. The van der Waals surface area contributed by atoms with Gasteiger partial charge in [-0.1, -0.05) is 57.2 Å². The van der Waals surface area contributed by atoms with Gasteiger partial charge in [0.1, 0.15) is 45.3 Å². The van der Waals surface area contributed by atoms with Crippen molar-refractivity contribution in [3.8, 4) is 16.6 Å². The van der Waals surface area contributed by atoms with E-state index in [0.717, 1.165) is 65.8 Å². The number of benzene rings is 1. The lowest BCUT2D eigenvalue weighted by Gasteiger charge is -2.29. The van der Waals surface area contributed by atoms with Crippen LogP contribution in [0.25, 0.3) is 21.6 Å². The highest BCUT2D eigenvalue weighted by atomic mass is 32.2. The number of alkyl carbamates (subject to hydrolysis) is 1. The molecule has 4 N–H and O–H groups in total. The number of para-hydroxylation sites is 1. The third kappa shape index (κ3) is 11.1. The van der Waals surface area contributed by atoms with E-state index in [2.05, 4.69) is 47.5 Å². The van der Waals surface area contributed by atoms with E-state index in [-0.39, 0.29) is 35.1 Å². The molecule has 344 valence electrons. The van der Waals surface area contributed by atoms with Crippen LogP contribution in [0.15, 0.2) is 35.7 Å². The Kier molecular flexibility index (Phi) is 14.4. The highest BCUT2D eigenvalue weighted by Gasteiger charge is 2.49. The maximum absolute atomic E-state index is 14.5. The number of primary amides is 1. The van der Waals surface area contributed by atoms with Crippen LogP contribution in [0.1, 0.15) is 150 Å². The predicted molar refractivity (Wildman–Crippen MR) is 246 cm³/mol. The molecule has 1 saturated heterocycles. The number of hydrogen-bond acceptors (Lipinski definition) is 10. The molecule has 1 aromatic carbocycles. The van der Waals surface area contributed by atoms with Crippen LogP contribution < -0.4 is 20.5 Å². The molecule has 0 spiro atoms. The highest BCUT2D eigenvalue weighted by molar-refractivity contribution is 7.85. The first-order chi connectivity index (χ1) is 29.9. The van der Waals surface area contributed by atoms with E-state index in [1.165, 1.54) is 37.0 Å². The number of allylic oxidation sites excluding steroid dienone is 2. The van der Waals surface area contributed by atoms with Crippen LogP contribution in [0.5, 0.6) is 6.01 Å². The maximum Gasteiger partial charge on any atom is 0.408 e. The molecule has 0 radical (unpaired) electrons. The van der Waals surface area contributed by atoms with Crippen LogP contribution in [-0.2, 0) is 30.1 Å². The summed E-state index contributed by atoms with van der Waals surface area (Å²) in [6.45, 7) is 13.3. The van der Waals surface area contributed by atoms with Crippen LogP contribution in [0.3, 0.4) is 0 Å². The minimum Gasteiger partial charge on any atom is -0.459 e. The molecule has 1 aliphatic heterocycles. The van der Waals surface area contributed by atoms with Gasteiger partial charge in [0.25, 0.3) is 6.01 Å². The highest BCUT2D eigenvalue weighted by Crippen LogP contribution is 2.43. The lowest BCUT2D eigenvalue weighted by Crippen LogP contribution is -2.54. The summed E-state index contributed by atoms with van der Waals surface area (Å²) >= 11 is 1.64. The molecule has 0 bridgehead atoms. The summed E-state index contributed by atoms with van der Waals surface area (Å²) in [6.07, 6.45) is 14.8. The van der Waals surface area contributed by atoms with Gasteiger partial charge in [-0.25, -0.2) is 14.0 Å². The molecule has 14 nitrogen and oxygen atoms in total. The van der Waals surface area contributed by atoms with Gasteiger partial charge in [0.15, 0.2) is 0 Å². The van der Waals surface area contributed by atoms with Gasteiger partial charge in [-0.15, -0.1) is 11.3 Å². The number of thiazole rings is 1. The first kappa shape index (κ1) is 46.7. The van der Waals surface area contributed by atoms with Gasteiger partial charge in [0, 0.05) is 34.7 Å². The standard InChI is InChI=1S/C47H67N7O7S2/c1-28(2)54-36-22-16-20-32(42-49-35(27-62-42)30-17-13-11-14-18-30)38(36)51-44(54)60-37-26-53(39(29(37)3)40(48)55)43(57)34(50-45(58)61-46(4,5)6)21-15-10-8-9-12-19-31-25-33(31)41(56)52-63(59)47(7)23-24-47/h12,16,19-20,22,27-31,33-34,37,39H,8-11,13-15,17-18,21,23-26H2,1-7H3,(H2,48,55)(H,50,58)(H,52,56). The molecule has 4 amide bonds. The fourth-order valence-electron chi connectivity index (χ4n) is 9.07. The number of aromatic nitrogens is 3. The van der Waals surface area contributed by atoms with Crippen LogP contribution in [0, 0.1) is 17.8 Å². The van der Waals surface area contributed by atoms with Crippen molar-refractivity contribution >= 4 is 57.2 Å². The van der Waals surface area contributed by atoms with E-state index in [1.807, 2.05) is 30.5 Å². The predicted octanol–water partition coefficient (Wildman–Crippen LogP) is 8.24. The Bertz CT molecular complexity index is 2200.